The first-order valence-electron chi connectivity index (χ1n) is 4.04. The molecule has 5 nitrogen and oxygen atoms in total. The van der Waals surface area contributed by atoms with Crippen LogP contribution in [0.2, 0.25) is 5.02 Å². The van der Waals surface area contributed by atoms with Gasteiger partial charge in [-0.05, 0) is 18.2 Å². The third-order valence-corrected chi connectivity index (χ3v) is 1.89. The number of benzene rings is 1. The Labute approximate surface area is 90.8 Å². The van der Waals surface area contributed by atoms with E-state index < -0.39 is 18.4 Å². The number of carboxylic acids is 1. The van der Waals surface area contributed by atoms with E-state index in [9.17, 15) is 14.7 Å². The number of halogens is 1. The molecule has 0 unspecified atom stereocenters. The molecule has 0 bridgehead atoms. The zero-order valence-electron chi connectivity index (χ0n) is 7.62. The van der Waals surface area contributed by atoms with E-state index in [0.29, 0.717) is 5.02 Å². The molecular weight excluding hydrogens is 220 g/mol. The first kappa shape index (κ1) is 11.3. The molecule has 0 heterocycles. The number of carbonyl (C=O) groups excluding carboxylic acids is 2. The number of amides is 1. The van der Waals surface area contributed by atoms with Crippen LogP contribution in [-0.4, -0.2) is 18.4 Å². The highest BCUT2D eigenvalue weighted by Crippen LogP contribution is 2.17. The minimum absolute atomic E-state index is 0.142. The topological polar surface area (TPSA) is 95.2 Å². The average molecular weight is 228 g/mol. The van der Waals surface area contributed by atoms with E-state index in [1.54, 1.807) is 0 Å². The van der Waals surface area contributed by atoms with Gasteiger partial charge in [0.2, 0.25) is 0 Å². The SMILES string of the molecule is Nc1ccc(Cl)cc1C(=O)NCC(=O)[O-]. The Balaban J connectivity index is 2.81. The highest BCUT2D eigenvalue weighted by atomic mass is 35.5. The minimum Gasteiger partial charge on any atom is -0.548 e. The Morgan fingerprint density at radius 2 is 2.13 bits per heavy atom. The van der Waals surface area contributed by atoms with E-state index >= 15 is 0 Å². The molecule has 0 aliphatic rings. The first-order valence-corrected chi connectivity index (χ1v) is 4.41. The Morgan fingerprint density at radius 1 is 1.47 bits per heavy atom. The summed E-state index contributed by atoms with van der Waals surface area (Å²) < 4.78 is 0. The number of carboxylic acid groups (broad SMARTS) is 1. The van der Waals surface area contributed by atoms with E-state index in [2.05, 4.69) is 5.32 Å². The number of hydrogen-bond acceptors (Lipinski definition) is 4. The summed E-state index contributed by atoms with van der Waals surface area (Å²) in [5.41, 5.74) is 5.89. The number of rotatable bonds is 3. The minimum atomic E-state index is -1.37. The van der Waals surface area contributed by atoms with Gasteiger partial charge in [0.05, 0.1) is 18.1 Å². The zero-order chi connectivity index (χ0) is 11.4. The van der Waals surface area contributed by atoms with Gasteiger partial charge in [-0.25, -0.2) is 0 Å². The Morgan fingerprint density at radius 3 is 2.73 bits per heavy atom. The van der Waals surface area contributed by atoms with Gasteiger partial charge in [-0.1, -0.05) is 11.6 Å². The molecule has 3 N–H and O–H groups in total. The molecule has 15 heavy (non-hydrogen) atoms. The average Bonchev–Trinajstić information content (AvgIpc) is 2.18. The highest BCUT2D eigenvalue weighted by Gasteiger charge is 2.09. The van der Waals surface area contributed by atoms with Crippen LogP contribution in [0.3, 0.4) is 0 Å². The lowest BCUT2D eigenvalue weighted by atomic mass is 10.1. The fourth-order valence-electron chi connectivity index (χ4n) is 0.973. The summed E-state index contributed by atoms with van der Waals surface area (Å²) in [7, 11) is 0. The summed E-state index contributed by atoms with van der Waals surface area (Å²) in [6.07, 6.45) is 0. The van der Waals surface area contributed by atoms with Crippen molar-refractivity contribution in [3.8, 4) is 0 Å². The molecule has 1 aromatic rings. The van der Waals surface area contributed by atoms with Gasteiger partial charge in [-0.3, -0.25) is 4.79 Å². The molecule has 0 aliphatic carbocycles. The second-order valence-electron chi connectivity index (χ2n) is 2.79. The van der Waals surface area contributed by atoms with Crippen LogP contribution in [0, 0.1) is 0 Å². The van der Waals surface area contributed by atoms with Crippen molar-refractivity contribution in [2.24, 2.45) is 0 Å². The van der Waals surface area contributed by atoms with Crippen LogP contribution in [0.4, 0.5) is 5.69 Å². The van der Waals surface area contributed by atoms with Crippen molar-refractivity contribution < 1.29 is 14.7 Å². The largest absolute Gasteiger partial charge is 0.548 e. The van der Waals surface area contributed by atoms with E-state index in [1.165, 1.54) is 18.2 Å². The van der Waals surface area contributed by atoms with E-state index in [1.807, 2.05) is 0 Å². The number of nitrogens with one attached hydrogen (secondary N) is 1. The molecule has 0 fully saturated rings. The van der Waals surface area contributed by atoms with Crippen molar-refractivity contribution in [3.05, 3.63) is 28.8 Å². The summed E-state index contributed by atoms with van der Waals surface area (Å²) in [6.45, 7) is -0.565. The molecule has 0 aromatic heterocycles. The second kappa shape index (κ2) is 4.65. The summed E-state index contributed by atoms with van der Waals surface area (Å²) in [6, 6.07) is 4.37. The molecule has 0 saturated heterocycles. The Hall–Kier alpha value is -1.75. The summed E-state index contributed by atoms with van der Waals surface area (Å²) >= 11 is 5.66. The molecule has 80 valence electrons. The third-order valence-electron chi connectivity index (χ3n) is 1.65. The molecule has 1 aromatic carbocycles. The maximum Gasteiger partial charge on any atom is 0.253 e. The molecule has 0 radical (unpaired) electrons. The van der Waals surface area contributed by atoms with Crippen molar-refractivity contribution >= 4 is 29.2 Å². The number of hydrogen-bond donors (Lipinski definition) is 2. The standard InChI is InChI=1S/C9H9ClN2O3/c10-5-1-2-7(11)6(3-5)9(15)12-4-8(13)14/h1-3H,4,11H2,(H,12,15)(H,13,14)/p-1. The lowest BCUT2D eigenvalue weighted by Crippen LogP contribution is -2.37. The summed E-state index contributed by atoms with van der Waals surface area (Å²) in [4.78, 5) is 21.5. The number of aliphatic carboxylic acids is 1. The smallest absolute Gasteiger partial charge is 0.253 e. The van der Waals surface area contributed by atoms with Gasteiger partial charge in [-0.2, -0.15) is 0 Å². The van der Waals surface area contributed by atoms with Gasteiger partial charge in [0, 0.05) is 10.7 Å². The van der Waals surface area contributed by atoms with Gasteiger partial charge >= 0.3 is 0 Å². The van der Waals surface area contributed by atoms with Crippen LogP contribution in [0.15, 0.2) is 18.2 Å². The van der Waals surface area contributed by atoms with Gasteiger partial charge < -0.3 is 21.0 Å². The number of anilines is 1. The summed E-state index contributed by atoms with van der Waals surface area (Å²) in [5.74, 6) is -1.97. The quantitative estimate of drug-likeness (QED) is 0.674. The second-order valence-corrected chi connectivity index (χ2v) is 3.22. The van der Waals surface area contributed by atoms with Crippen molar-refractivity contribution in [2.75, 3.05) is 12.3 Å². The van der Waals surface area contributed by atoms with Gasteiger partial charge in [-0.15, -0.1) is 0 Å². The lowest BCUT2D eigenvalue weighted by Gasteiger charge is -2.08. The van der Waals surface area contributed by atoms with Gasteiger partial charge in [0.25, 0.3) is 5.91 Å². The van der Waals surface area contributed by atoms with Crippen molar-refractivity contribution in [3.63, 3.8) is 0 Å². The maximum atomic E-state index is 11.4. The van der Waals surface area contributed by atoms with E-state index in [-0.39, 0.29) is 11.3 Å². The van der Waals surface area contributed by atoms with Crippen molar-refractivity contribution in [1.82, 2.24) is 5.32 Å². The highest BCUT2D eigenvalue weighted by molar-refractivity contribution is 6.31. The summed E-state index contributed by atoms with van der Waals surface area (Å²) in [5, 5.41) is 12.6. The first-order chi connectivity index (χ1) is 7.00. The van der Waals surface area contributed by atoms with E-state index in [4.69, 9.17) is 17.3 Å². The molecule has 0 saturated carbocycles. The monoisotopic (exact) mass is 227 g/mol. The molecule has 1 rings (SSSR count). The molecule has 0 atom stereocenters. The van der Waals surface area contributed by atoms with Gasteiger partial charge in [0.1, 0.15) is 0 Å². The third kappa shape index (κ3) is 3.14. The Kier molecular flexibility index (Phi) is 3.51. The molecule has 6 heteroatoms. The normalized spacial score (nSPS) is 9.67. The van der Waals surface area contributed by atoms with Crippen molar-refractivity contribution in [1.29, 1.82) is 0 Å². The number of carbonyl (C=O) groups is 2. The Bertz CT molecular complexity index is 406. The number of nitrogen functional groups attached to an aromatic ring is 1. The number of nitrogens with two attached hydrogens (primary N) is 1. The van der Waals surface area contributed by atoms with Gasteiger partial charge in [0.15, 0.2) is 0 Å². The maximum absolute atomic E-state index is 11.4. The fraction of sp³-hybridized carbons (Fsp3) is 0.111. The van der Waals surface area contributed by atoms with Crippen LogP contribution < -0.4 is 16.2 Å². The molecular formula is C9H8ClN2O3-. The van der Waals surface area contributed by atoms with Crippen LogP contribution in [0.1, 0.15) is 10.4 Å². The van der Waals surface area contributed by atoms with Crippen LogP contribution in [-0.2, 0) is 4.79 Å². The predicted molar refractivity (Wildman–Crippen MR) is 53.2 cm³/mol. The van der Waals surface area contributed by atoms with Crippen LogP contribution in [0.25, 0.3) is 0 Å². The van der Waals surface area contributed by atoms with E-state index in [0.717, 1.165) is 0 Å². The zero-order valence-corrected chi connectivity index (χ0v) is 8.38. The molecule has 0 spiro atoms. The fourth-order valence-corrected chi connectivity index (χ4v) is 1.14. The van der Waals surface area contributed by atoms with Crippen LogP contribution >= 0.6 is 11.6 Å². The predicted octanol–water partition coefficient (Wildman–Crippen LogP) is -0.598. The van der Waals surface area contributed by atoms with Crippen LogP contribution in [0.5, 0.6) is 0 Å². The molecule has 0 aliphatic heterocycles. The van der Waals surface area contributed by atoms with Crippen molar-refractivity contribution in [2.45, 2.75) is 0 Å². The molecule has 1 amide bonds. The lowest BCUT2D eigenvalue weighted by molar-refractivity contribution is -0.303.